The van der Waals surface area contributed by atoms with E-state index in [4.69, 9.17) is 5.73 Å². The van der Waals surface area contributed by atoms with Crippen LogP contribution in [0.2, 0.25) is 0 Å². The highest BCUT2D eigenvalue weighted by atomic mass is 32.1. The Morgan fingerprint density at radius 1 is 1.32 bits per heavy atom. The van der Waals surface area contributed by atoms with Crippen LogP contribution in [0.1, 0.15) is 25.6 Å². The molecule has 0 spiro atoms. The van der Waals surface area contributed by atoms with E-state index in [0.717, 1.165) is 35.5 Å². The van der Waals surface area contributed by atoms with Gasteiger partial charge in [0.15, 0.2) is 0 Å². The second kappa shape index (κ2) is 4.63. The van der Waals surface area contributed by atoms with Gasteiger partial charge in [-0.05, 0) is 24.3 Å². The van der Waals surface area contributed by atoms with E-state index in [2.05, 4.69) is 41.7 Å². The van der Waals surface area contributed by atoms with Crippen molar-refractivity contribution in [3.05, 3.63) is 10.9 Å². The number of nitrogen functional groups attached to an aromatic ring is 1. The molecule has 1 aliphatic rings. The first-order valence-electron chi connectivity index (χ1n) is 6.89. The standard InChI is InChI=1S/C14H20N4S/c1-4-10-5-11-12(16-14(15)17-13(11)19-10)18-6-8(2)9(3)7-18/h5,8-9H,4,6-7H2,1-3H3,(H2,15,16,17). The second-order valence-corrected chi connectivity index (χ2v) is 6.67. The van der Waals surface area contributed by atoms with E-state index in [1.807, 2.05) is 0 Å². The third-order valence-electron chi connectivity index (χ3n) is 4.08. The predicted octanol–water partition coefficient (Wildman–Crippen LogP) is 2.93. The van der Waals surface area contributed by atoms with Gasteiger partial charge in [-0.15, -0.1) is 11.3 Å². The van der Waals surface area contributed by atoms with Gasteiger partial charge in [0.05, 0.1) is 5.39 Å². The van der Waals surface area contributed by atoms with Crippen LogP contribution in [-0.2, 0) is 6.42 Å². The zero-order valence-electron chi connectivity index (χ0n) is 11.7. The molecule has 2 unspecified atom stereocenters. The molecule has 2 aromatic heterocycles. The zero-order chi connectivity index (χ0) is 13.6. The van der Waals surface area contributed by atoms with Crippen LogP contribution in [-0.4, -0.2) is 23.1 Å². The summed E-state index contributed by atoms with van der Waals surface area (Å²) in [5.41, 5.74) is 5.87. The van der Waals surface area contributed by atoms with Crippen molar-refractivity contribution in [2.24, 2.45) is 11.8 Å². The molecule has 102 valence electrons. The van der Waals surface area contributed by atoms with Gasteiger partial charge in [0.1, 0.15) is 10.6 Å². The topological polar surface area (TPSA) is 55.0 Å². The minimum Gasteiger partial charge on any atom is -0.368 e. The van der Waals surface area contributed by atoms with Gasteiger partial charge in [0.25, 0.3) is 0 Å². The molecule has 2 atom stereocenters. The molecule has 1 fully saturated rings. The Labute approximate surface area is 117 Å². The smallest absolute Gasteiger partial charge is 0.223 e. The second-order valence-electron chi connectivity index (χ2n) is 5.55. The average molecular weight is 276 g/mol. The number of fused-ring (bicyclic) bond motifs is 1. The summed E-state index contributed by atoms with van der Waals surface area (Å²) in [6.45, 7) is 8.89. The van der Waals surface area contributed by atoms with Crippen molar-refractivity contribution in [1.82, 2.24) is 9.97 Å². The van der Waals surface area contributed by atoms with Crippen LogP contribution in [0.4, 0.5) is 11.8 Å². The SMILES string of the molecule is CCc1cc2c(N3CC(C)C(C)C3)nc(N)nc2s1. The van der Waals surface area contributed by atoms with Crippen molar-refractivity contribution in [1.29, 1.82) is 0 Å². The summed E-state index contributed by atoms with van der Waals surface area (Å²) in [5.74, 6) is 2.82. The average Bonchev–Trinajstić information content (AvgIpc) is 2.92. The van der Waals surface area contributed by atoms with Crippen LogP contribution in [0.5, 0.6) is 0 Å². The van der Waals surface area contributed by atoms with Crippen molar-refractivity contribution < 1.29 is 0 Å². The quantitative estimate of drug-likeness (QED) is 0.916. The molecule has 0 aromatic carbocycles. The molecule has 1 aliphatic heterocycles. The number of aromatic nitrogens is 2. The molecule has 1 saturated heterocycles. The number of anilines is 2. The summed E-state index contributed by atoms with van der Waals surface area (Å²) in [6.07, 6.45) is 1.03. The lowest BCUT2D eigenvalue weighted by atomic mass is 10.0. The van der Waals surface area contributed by atoms with Gasteiger partial charge >= 0.3 is 0 Å². The molecule has 3 rings (SSSR count). The Morgan fingerprint density at radius 2 is 2.00 bits per heavy atom. The molecule has 2 N–H and O–H groups in total. The first-order chi connectivity index (χ1) is 9.08. The van der Waals surface area contributed by atoms with Crippen molar-refractivity contribution in [3.63, 3.8) is 0 Å². The number of nitrogens with zero attached hydrogens (tertiary/aromatic N) is 3. The van der Waals surface area contributed by atoms with Gasteiger partial charge in [-0.2, -0.15) is 4.98 Å². The first-order valence-corrected chi connectivity index (χ1v) is 7.71. The molecular weight excluding hydrogens is 256 g/mol. The fraction of sp³-hybridized carbons (Fsp3) is 0.571. The summed E-state index contributed by atoms with van der Waals surface area (Å²) in [5, 5.41) is 1.16. The molecule has 0 radical (unpaired) electrons. The lowest BCUT2D eigenvalue weighted by Crippen LogP contribution is -2.21. The van der Waals surface area contributed by atoms with E-state index < -0.39 is 0 Å². The van der Waals surface area contributed by atoms with Crippen molar-refractivity contribution in [2.75, 3.05) is 23.7 Å². The Bertz CT molecular complexity index is 597. The summed E-state index contributed by atoms with van der Waals surface area (Å²) in [6, 6.07) is 2.22. The van der Waals surface area contributed by atoms with Gasteiger partial charge in [-0.3, -0.25) is 0 Å². The molecule has 0 bridgehead atoms. The van der Waals surface area contributed by atoms with Crippen LogP contribution in [0.25, 0.3) is 10.2 Å². The minimum atomic E-state index is 0.388. The molecule has 4 nitrogen and oxygen atoms in total. The summed E-state index contributed by atoms with van der Waals surface area (Å²) >= 11 is 1.73. The summed E-state index contributed by atoms with van der Waals surface area (Å²) in [4.78, 5) is 13.6. The number of hydrogen-bond acceptors (Lipinski definition) is 5. The number of aryl methyl sites for hydroxylation is 1. The maximum Gasteiger partial charge on any atom is 0.223 e. The normalized spacial score (nSPS) is 23.4. The van der Waals surface area contributed by atoms with E-state index in [-0.39, 0.29) is 0 Å². The minimum absolute atomic E-state index is 0.388. The van der Waals surface area contributed by atoms with Crippen LogP contribution >= 0.6 is 11.3 Å². The van der Waals surface area contributed by atoms with Crippen molar-refractivity contribution in [3.8, 4) is 0 Å². The van der Waals surface area contributed by atoms with Gasteiger partial charge in [0, 0.05) is 18.0 Å². The van der Waals surface area contributed by atoms with Gasteiger partial charge in [-0.1, -0.05) is 20.8 Å². The maximum absolute atomic E-state index is 5.87. The van der Waals surface area contributed by atoms with Gasteiger partial charge in [-0.25, -0.2) is 4.98 Å². The van der Waals surface area contributed by atoms with Crippen LogP contribution in [0, 0.1) is 11.8 Å². The van der Waals surface area contributed by atoms with E-state index in [9.17, 15) is 0 Å². The lowest BCUT2D eigenvalue weighted by molar-refractivity contribution is 0.494. The Hall–Kier alpha value is -1.36. The molecule has 5 heteroatoms. The number of hydrogen-bond donors (Lipinski definition) is 1. The maximum atomic E-state index is 5.87. The Balaban J connectivity index is 2.09. The summed E-state index contributed by atoms with van der Waals surface area (Å²) < 4.78 is 0. The number of nitrogens with two attached hydrogens (primary N) is 1. The lowest BCUT2D eigenvalue weighted by Gasteiger charge is -2.18. The first kappa shape index (κ1) is 12.7. The highest BCUT2D eigenvalue weighted by Crippen LogP contribution is 2.35. The summed E-state index contributed by atoms with van der Waals surface area (Å²) in [7, 11) is 0. The van der Waals surface area contributed by atoms with Crippen molar-refractivity contribution >= 4 is 33.3 Å². The van der Waals surface area contributed by atoms with Crippen molar-refractivity contribution in [2.45, 2.75) is 27.2 Å². The molecule has 0 saturated carbocycles. The Kier molecular flexibility index (Phi) is 3.09. The van der Waals surface area contributed by atoms with E-state index in [1.165, 1.54) is 4.88 Å². The largest absolute Gasteiger partial charge is 0.368 e. The fourth-order valence-corrected chi connectivity index (χ4v) is 3.66. The number of thiophene rings is 1. The van der Waals surface area contributed by atoms with Gasteiger partial charge in [0.2, 0.25) is 5.95 Å². The third kappa shape index (κ3) is 2.16. The molecular formula is C14H20N4S. The number of rotatable bonds is 2. The highest BCUT2D eigenvalue weighted by molar-refractivity contribution is 7.18. The molecule has 0 aliphatic carbocycles. The zero-order valence-corrected chi connectivity index (χ0v) is 12.5. The van der Waals surface area contributed by atoms with E-state index in [0.29, 0.717) is 17.8 Å². The molecule has 0 amide bonds. The van der Waals surface area contributed by atoms with E-state index in [1.54, 1.807) is 11.3 Å². The molecule has 19 heavy (non-hydrogen) atoms. The fourth-order valence-electron chi connectivity index (χ4n) is 2.69. The van der Waals surface area contributed by atoms with Gasteiger partial charge < -0.3 is 10.6 Å². The predicted molar refractivity (Wildman–Crippen MR) is 81.7 cm³/mol. The Morgan fingerprint density at radius 3 is 2.63 bits per heavy atom. The third-order valence-corrected chi connectivity index (χ3v) is 5.25. The molecule has 3 heterocycles. The van der Waals surface area contributed by atoms with Crippen LogP contribution in [0.3, 0.4) is 0 Å². The van der Waals surface area contributed by atoms with Crippen LogP contribution in [0.15, 0.2) is 6.07 Å². The van der Waals surface area contributed by atoms with E-state index >= 15 is 0 Å². The highest BCUT2D eigenvalue weighted by Gasteiger charge is 2.28. The monoisotopic (exact) mass is 276 g/mol. The van der Waals surface area contributed by atoms with Crippen LogP contribution < -0.4 is 10.6 Å². The molecule has 2 aromatic rings.